The number of aromatic nitrogens is 2. The lowest BCUT2D eigenvalue weighted by Gasteiger charge is -2.11. The van der Waals surface area contributed by atoms with Crippen molar-refractivity contribution in [2.45, 2.75) is 216 Å². The third-order valence-electron chi connectivity index (χ3n) is 13.6. The summed E-state index contributed by atoms with van der Waals surface area (Å²) in [5, 5.41) is 131. The first kappa shape index (κ1) is 142. The molecule has 55 N–H and O–H groups in total. The van der Waals surface area contributed by atoms with Gasteiger partial charge in [0.2, 0.25) is 11.8 Å². The summed E-state index contributed by atoms with van der Waals surface area (Å²) in [6.07, 6.45) is 9.74. The van der Waals surface area contributed by atoms with E-state index in [1.54, 1.807) is 18.0 Å². The number of carboxylic acids is 16. The van der Waals surface area contributed by atoms with Crippen molar-refractivity contribution in [3.63, 3.8) is 0 Å². The Kier molecular flexibility index (Phi) is 102. The standard InChI is InChI=1S/C9H11NO2.C6H14N4O2.C6H9N3O2.C6H14N2O2.2C6H13NO2.C5H10N2O3.C5H9NO4.C5H11NO2S.C4H8N2O3.C4H7NO4.C3H7NO2S.C3H7NO2.C2H5NO2/c10-8(9(11)12)6-7-4-2-1-3-5-7;7-4(5(11)12)2-1-3-10-6(8)9;7-5(6(10)11)1-4-2-8-3-9-4;7-4-2-1-3-5(8)6(9)10;1-4(2)3-5(7)6(8)9;1-3-4(2)5(7)6(8)9;2*6-3(5(9)10)1-2-4(7)8;1-9-3-2-4(6)5(7)8;2*5-2(4(8)9)1-3(6)7;4-2(1-7)3(5)6;1-2(4)3(5)6;3-1-2(4)5/h1-5,8H,6,10H2,(H,11,12);4H,1-3,7H2,(H,11,12)(H4,8,9,10);2-3,5H,1,7H2,(H,8,9)(H,10,11);5H,1-4,7-8H2,(H,9,10);2*4-5H,3,7H2,1-2H3,(H,8,9);3H,1-2,6H2,(H2,7,8)(H,9,10);3H,1-2,6H2,(H,7,8)(H,9,10);4H,2-3,6H2,1H3,(H,7,8);2H,1,5H2,(H2,6,7)(H,8,9);2H,1,5H2,(H,6,7)(H,8,9);2,7H,1,4H2,(H,5,6);2H,4H2,1H3,(H,5,6);1,3H2,(H,4,5)/t;;;;;4-,5?;;;;;;;;/m.....0......../s1. The number of thiol groups is 1. The monoisotopic (exact) mass is 1890 g/mol. The lowest BCUT2D eigenvalue weighted by Crippen LogP contribution is -2.36. The summed E-state index contributed by atoms with van der Waals surface area (Å²) >= 11 is 5.25. The second kappa shape index (κ2) is 91.5. The maximum absolute atomic E-state index is 10.4. The molecule has 128 heavy (non-hydrogen) atoms. The minimum Gasteiger partial charge on any atom is -0.481 e. The molecule has 0 saturated heterocycles. The average Bonchev–Trinajstić information content (AvgIpc) is 1.79. The molecule has 2 aromatic rings. The minimum atomic E-state index is -1.29. The van der Waals surface area contributed by atoms with E-state index in [-0.39, 0.29) is 62.7 Å². The zero-order valence-corrected chi connectivity index (χ0v) is 73.5. The second-order valence-electron chi connectivity index (χ2n) is 25.9. The van der Waals surface area contributed by atoms with Gasteiger partial charge in [-0.05, 0) is 101 Å². The van der Waals surface area contributed by atoms with Gasteiger partial charge in [0.1, 0.15) is 78.5 Å². The van der Waals surface area contributed by atoms with Crippen molar-refractivity contribution in [3.05, 3.63) is 54.1 Å². The van der Waals surface area contributed by atoms with Gasteiger partial charge in [-0.15, -0.1) is 0 Å². The van der Waals surface area contributed by atoms with Gasteiger partial charge in [0.15, 0.2) is 5.96 Å². The Bertz CT molecular complexity index is 3370. The third-order valence-corrected chi connectivity index (χ3v) is 14.6. The molecule has 0 fully saturated rings. The van der Waals surface area contributed by atoms with Gasteiger partial charge in [0, 0.05) is 43.5 Å². The Morgan fingerprint density at radius 3 is 1.02 bits per heavy atom. The summed E-state index contributed by atoms with van der Waals surface area (Å²) < 4.78 is 0. The van der Waals surface area contributed by atoms with Crippen LogP contribution in [-0.2, 0) is 99.1 Å². The molecule has 14 atom stereocenters. The van der Waals surface area contributed by atoms with Crippen LogP contribution in [0.2, 0.25) is 0 Å². The molecule has 744 valence electrons. The van der Waals surface area contributed by atoms with Crippen LogP contribution in [0.5, 0.6) is 0 Å². The summed E-state index contributed by atoms with van der Waals surface area (Å²) in [4.78, 5) is 190. The Morgan fingerprint density at radius 1 is 0.422 bits per heavy atom. The average molecular weight is 1900 g/mol. The predicted molar refractivity (Wildman–Crippen MR) is 468 cm³/mol. The van der Waals surface area contributed by atoms with E-state index in [2.05, 4.69) is 39.1 Å². The number of carbonyl (C=O) groups is 18. The Morgan fingerprint density at radius 2 is 0.781 bits per heavy atom. The highest BCUT2D eigenvalue weighted by Gasteiger charge is 2.20. The molecule has 58 heteroatoms. The van der Waals surface area contributed by atoms with Gasteiger partial charge in [0.25, 0.3) is 0 Å². The molecular weight excluding hydrogens is 1760 g/mol. The normalized spacial score (nSPS) is 12.9. The molecule has 0 spiro atoms. The van der Waals surface area contributed by atoms with Crippen LogP contribution in [0.15, 0.2) is 47.8 Å². The van der Waals surface area contributed by atoms with E-state index < -0.39 is 192 Å². The number of guanidine groups is 1. The molecule has 0 aliphatic rings. The molecule has 56 nitrogen and oxygen atoms in total. The van der Waals surface area contributed by atoms with E-state index in [4.69, 9.17) is 179 Å². The van der Waals surface area contributed by atoms with Crippen LogP contribution in [0.25, 0.3) is 0 Å². The third kappa shape index (κ3) is 118. The van der Waals surface area contributed by atoms with Gasteiger partial charge in [-0.3, -0.25) is 91.3 Å². The molecule has 1 heterocycles. The lowest BCUT2D eigenvalue weighted by atomic mass is 10.0. The molecular formula is C70H138N22O34S2. The number of aliphatic imine (C=N–C) groups is 1. The summed E-state index contributed by atoms with van der Waals surface area (Å²) in [5.74, 6) is -16.4. The van der Waals surface area contributed by atoms with Gasteiger partial charge in [-0.1, -0.05) is 70.9 Å². The van der Waals surface area contributed by atoms with Crippen LogP contribution in [-0.4, -0.2) is 321 Å². The highest BCUT2D eigenvalue weighted by Crippen LogP contribution is 2.06. The number of rotatable bonds is 44. The maximum Gasteiger partial charge on any atom is 0.321 e. The smallest absolute Gasteiger partial charge is 0.321 e. The largest absolute Gasteiger partial charge is 0.481 e. The van der Waals surface area contributed by atoms with E-state index in [0.717, 1.165) is 36.3 Å². The van der Waals surface area contributed by atoms with E-state index in [1.807, 2.05) is 64.3 Å². The van der Waals surface area contributed by atoms with Crippen molar-refractivity contribution < 1.29 is 168 Å². The molecule has 1 aromatic carbocycles. The van der Waals surface area contributed by atoms with Crippen molar-refractivity contribution in [1.29, 1.82) is 0 Å². The summed E-state index contributed by atoms with van der Waals surface area (Å²) in [6.45, 7) is 9.82. The van der Waals surface area contributed by atoms with Gasteiger partial charge in [-0.25, -0.2) is 4.98 Å². The summed E-state index contributed by atoms with van der Waals surface area (Å²) in [6, 6.07) is -1.96. The number of imidazole rings is 1. The number of unbranched alkanes of at least 4 members (excludes halogenated alkanes) is 1. The number of H-pyrrole nitrogens is 1. The van der Waals surface area contributed by atoms with Crippen molar-refractivity contribution >= 4 is 138 Å². The SMILES string of the molecule is CC(C)CC(N)C(=O)O.CC(N)C(=O)O.CC[C@H](C)C(N)C(=O)O.CSCCC(N)C(=O)O.NC(=O)CC(N)C(=O)O.NC(=O)CCC(N)C(=O)O.NC(CC(=O)O)C(=O)O.NC(CCC(=O)O)C(=O)O.NC(CS)C(=O)O.NC(Cc1ccccc1)C(=O)O.NC(Cc1cnc[nH]1)C(=O)O.NC(N)=NCCCC(N)C(=O)O.NCC(=O)O.NCCCCC(N)C(=O)O. The number of nitrogens with one attached hydrogen (secondary N) is 1. The first-order chi connectivity index (χ1) is 58.7. The van der Waals surface area contributed by atoms with E-state index in [9.17, 15) is 86.3 Å². The van der Waals surface area contributed by atoms with Crippen LogP contribution < -0.4 is 109 Å². The number of hydrogen-bond acceptors (Lipinski definition) is 37. The lowest BCUT2D eigenvalue weighted by molar-refractivity contribution is -0.144. The number of nitrogens with zero attached hydrogens (tertiary/aromatic N) is 2. The number of thioether (sulfide) groups is 1. The zero-order chi connectivity index (χ0) is 103. The predicted octanol–water partition coefficient (Wildman–Crippen LogP) is -8.13. The molecule has 0 saturated carbocycles. The fourth-order valence-corrected chi connectivity index (χ4v) is 6.55. The van der Waals surface area contributed by atoms with Gasteiger partial charge in [0.05, 0.1) is 25.7 Å². The van der Waals surface area contributed by atoms with Crippen molar-refractivity contribution in [1.82, 2.24) is 9.97 Å². The van der Waals surface area contributed by atoms with Crippen LogP contribution >= 0.6 is 24.4 Å². The van der Waals surface area contributed by atoms with Gasteiger partial charge >= 0.3 is 95.5 Å². The highest BCUT2D eigenvalue weighted by molar-refractivity contribution is 7.98. The maximum atomic E-state index is 10.4. The molecule has 2 amide bonds. The Balaban J connectivity index is -0.000000114. The van der Waals surface area contributed by atoms with E-state index in [1.165, 1.54) is 13.3 Å². The number of carboxylic acid groups (broad SMARTS) is 16. The molecule has 0 bridgehead atoms. The second-order valence-corrected chi connectivity index (χ2v) is 27.2. The van der Waals surface area contributed by atoms with E-state index in [0.29, 0.717) is 57.5 Å². The van der Waals surface area contributed by atoms with Gasteiger partial charge in [-0.2, -0.15) is 24.4 Å². The minimum absolute atomic E-state index is 0.0129. The summed E-state index contributed by atoms with van der Waals surface area (Å²) in [7, 11) is 0. The first-order valence-corrected chi connectivity index (χ1v) is 39.3. The molecule has 0 aliphatic carbocycles. The Labute approximate surface area is 746 Å². The number of aliphatic carboxylic acids is 16. The number of primary amides is 2. The van der Waals surface area contributed by atoms with Crippen LogP contribution in [0, 0.1) is 11.8 Å². The Hall–Kier alpha value is -11.7. The highest BCUT2D eigenvalue weighted by atomic mass is 32.2. The van der Waals surface area contributed by atoms with Crippen LogP contribution in [0.3, 0.4) is 0 Å². The van der Waals surface area contributed by atoms with Crippen LogP contribution in [0.4, 0.5) is 0 Å². The quantitative estimate of drug-likeness (QED) is 0.0127. The molecule has 0 radical (unpaired) electrons. The fraction of sp³-hybridized carbons (Fsp3) is 0.600. The fourth-order valence-electron chi connectivity index (χ4n) is 5.91. The van der Waals surface area contributed by atoms with Crippen LogP contribution in [0.1, 0.15) is 136 Å². The number of carbonyl (C=O) groups excluding carboxylic acids is 2. The number of benzene rings is 1. The number of amides is 2. The molecule has 1 aromatic heterocycles. The van der Waals surface area contributed by atoms with Gasteiger partial charge < -0.3 is 196 Å². The molecule has 0 aliphatic heterocycles. The zero-order valence-electron chi connectivity index (χ0n) is 71.8. The molecule has 2 rings (SSSR count). The molecule has 13 unspecified atom stereocenters. The first-order valence-electron chi connectivity index (χ1n) is 37.2. The van der Waals surface area contributed by atoms with Crippen molar-refractivity contribution in [2.75, 3.05) is 37.4 Å². The number of nitrogens with two attached hydrogens (primary N) is 19. The van der Waals surface area contributed by atoms with Crippen molar-refractivity contribution in [2.24, 2.45) is 126 Å². The summed E-state index contributed by atoms with van der Waals surface area (Å²) in [5.41, 5.74) is 97.3. The topological polar surface area (TPSA) is 1170 Å². The van der Waals surface area contributed by atoms with Crippen molar-refractivity contribution in [3.8, 4) is 0 Å². The number of hydrogen-bond donors (Lipinski definition) is 37. The van der Waals surface area contributed by atoms with E-state index >= 15 is 0 Å². The number of aromatic amines is 1.